The molecule has 0 aromatic heterocycles. The number of piperazine rings is 3. The Kier molecular flexibility index (Phi) is 3.75. The normalized spacial score (nSPS) is 30.5. The molecule has 3 fully saturated rings. The van der Waals surface area contributed by atoms with Crippen molar-refractivity contribution in [3.8, 4) is 0 Å². The number of likely N-dealkylation sites (N-methyl/N-ethyl adjacent to an activating group) is 1. The van der Waals surface area contributed by atoms with Crippen LogP contribution in [0, 0.1) is 18.6 Å². The van der Waals surface area contributed by atoms with E-state index in [0.29, 0.717) is 11.1 Å². The van der Waals surface area contributed by atoms with Gasteiger partial charge in [-0.3, -0.25) is 9.80 Å². The van der Waals surface area contributed by atoms with E-state index in [1.54, 1.807) is 19.1 Å². The third-order valence-electron chi connectivity index (χ3n) is 4.66. The molecule has 3 aliphatic heterocycles. The van der Waals surface area contributed by atoms with Gasteiger partial charge in [0.2, 0.25) is 0 Å². The molecular weight excluding hydrogens is 260 g/mol. The van der Waals surface area contributed by atoms with Crippen LogP contribution in [-0.2, 0) is 0 Å². The van der Waals surface area contributed by atoms with Gasteiger partial charge in [0.25, 0.3) is 0 Å². The molecule has 3 saturated heterocycles. The molecule has 2 bridgehead atoms. The van der Waals surface area contributed by atoms with Crippen molar-refractivity contribution in [3.63, 3.8) is 0 Å². The van der Waals surface area contributed by atoms with Crippen LogP contribution in [0.1, 0.15) is 17.2 Å². The summed E-state index contributed by atoms with van der Waals surface area (Å²) in [5.74, 6) is -1.43. The molecule has 1 N–H and O–H groups in total. The van der Waals surface area contributed by atoms with Crippen molar-refractivity contribution >= 4 is 0 Å². The van der Waals surface area contributed by atoms with E-state index in [0.717, 1.165) is 32.7 Å². The highest BCUT2D eigenvalue weighted by molar-refractivity contribution is 5.29. The minimum Gasteiger partial charge on any atom is -0.312 e. The Morgan fingerprint density at radius 1 is 1.15 bits per heavy atom. The first kappa shape index (κ1) is 13.9. The molecule has 5 heteroatoms. The molecule has 0 amide bonds. The molecule has 3 nitrogen and oxygen atoms in total. The molecule has 1 aromatic rings. The van der Waals surface area contributed by atoms with Gasteiger partial charge in [-0.25, -0.2) is 8.78 Å². The van der Waals surface area contributed by atoms with Crippen LogP contribution < -0.4 is 5.32 Å². The van der Waals surface area contributed by atoms with E-state index in [9.17, 15) is 8.78 Å². The first-order valence-electron chi connectivity index (χ1n) is 7.20. The maximum absolute atomic E-state index is 14.2. The standard InChI is InChI=1S/C15H21F2N3/c1-10-3-4-11(14(17)13(10)16)15(18-2)12-9-19-5-7-20(12)8-6-19/h3-4,12,15,18H,5-9H2,1-2H3. The molecule has 20 heavy (non-hydrogen) atoms. The van der Waals surface area contributed by atoms with Gasteiger partial charge in [-0.05, 0) is 19.5 Å². The summed E-state index contributed by atoms with van der Waals surface area (Å²) in [7, 11) is 1.82. The minimum absolute atomic E-state index is 0.173. The third-order valence-corrected chi connectivity index (χ3v) is 4.66. The number of halogens is 2. The summed E-state index contributed by atoms with van der Waals surface area (Å²) in [6.45, 7) is 6.70. The van der Waals surface area contributed by atoms with Crippen LogP contribution in [0.4, 0.5) is 8.78 Å². The Morgan fingerprint density at radius 3 is 2.40 bits per heavy atom. The average Bonchev–Trinajstić information content (AvgIpc) is 2.49. The number of nitrogens with zero attached hydrogens (tertiary/aromatic N) is 2. The summed E-state index contributed by atoms with van der Waals surface area (Å²) in [6.07, 6.45) is 0. The monoisotopic (exact) mass is 281 g/mol. The molecule has 110 valence electrons. The maximum Gasteiger partial charge on any atom is 0.163 e. The van der Waals surface area contributed by atoms with E-state index in [4.69, 9.17) is 0 Å². The van der Waals surface area contributed by atoms with Crippen molar-refractivity contribution in [2.45, 2.75) is 19.0 Å². The average molecular weight is 281 g/mol. The zero-order chi connectivity index (χ0) is 14.3. The lowest BCUT2D eigenvalue weighted by Gasteiger charge is -2.50. The fourth-order valence-electron chi connectivity index (χ4n) is 3.43. The summed E-state index contributed by atoms with van der Waals surface area (Å²) < 4.78 is 28.1. The molecule has 3 aliphatic rings. The van der Waals surface area contributed by atoms with Crippen LogP contribution in [0.5, 0.6) is 0 Å². The number of aryl methyl sites for hydroxylation is 1. The summed E-state index contributed by atoms with van der Waals surface area (Å²) >= 11 is 0. The quantitative estimate of drug-likeness (QED) is 0.906. The fourth-order valence-corrected chi connectivity index (χ4v) is 3.43. The molecule has 3 heterocycles. The van der Waals surface area contributed by atoms with Gasteiger partial charge in [-0.15, -0.1) is 0 Å². The molecule has 1 aromatic carbocycles. The summed E-state index contributed by atoms with van der Waals surface area (Å²) in [5, 5.41) is 3.19. The predicted molar refractivity (Wildman–Crippen MR) is 74.7 cm³/mol. The van der Waals surface area contributed by atoms with E-state index < -0.39 is 11.6 Å². The van der Waals surface area contributed by atoms with Crippen LogP contribution >= 0.6 is 0 Å². The van der Waals surface area contributed by atoms with Crippen molar-refractivity contribution in [3.05, 3.63) is 34.9 Å². The van der Waals surface area contributed by atoms with Crippen LogP contribution in [-0.4, -0.2) is 55.6 Å². The van der Waals surface area contributed by atoms with Gasteiger partial charge < -0.3 is 5.32 Å². The Morgan fingerprint density at radius 2 is 1.85 bits per heavy atom. The van der Waals surface area contributed by atoms with Crippen molar-refractivity contribution in [2.75, 3.05) is 39.8 Å². The Balaban J connectivity index is 1.92. The van der Waals surface area contributed by atoms with Crippen molar-refractivity contribution in [1.82, 2.24) is 15.1 Å². The van der Waals surface area contributed by atoms with E-state index >= 15 is 0 Å². The predicted octanol–water partition coefficient (Wildman–Crippen LogP) is 1.53. The summed E-state index contributed by atoms with van der Waals surface area (Å²) in [4.78, 5) is 4.79. The molecule has 2 atom stereocenters. The Hall–Kier alpha value is -1.04. The lowest BCUT2D eigenvalue weighted by molar-refractivity contribution is -0.00312. The lowest BCUT2D eigenvalue weighted by Crippen LogP contribution is -2.63. The van der Waals surface area contributed by atoms with E-state index in [1.165, 1.54) is 0 Å². The molecule has 0 spiro atoms. The van der Waals surface area contributed by atoms with E-state index in [1.807, 2.05) is 7.05 Å². The lowest BCUT2D eigenvalue weighted by atomic mass is 9.93. The summed E-state index contributed by atoms with van der Waals surface area (Å²) in [5.41, 5.74) is 0.796. The molecule has 2 unspecified atom stereocenters. The number of benzene rings is 1. The Bertz CT molecular complexity index is 498. The first-order chi connectivity index (χ1) is 9.61. The largest absolute Gasteiger partial charge is 0.312 e. The Labute approximate surface area is 118 Å². The molecule has 0 aliphatic carbocycles. The molecule has 0 saturated carbocycles. The minimum atomic E-state index is -0.723. The zero-order valence-corrected chi connectivity index (χ0v) is 12.0. The second-order valence-corrected chi connectivity index (χ2v) is 5.77. The second kappa shape index (κ2) is 5.39. The fraction of sp³-hybridized carbons (Fsp3) is 0.600. The van der Waals surface area contributed by atoms with Crippen LogP contribution in [0.3, 0.4) is 0 Å². The van der Waals surface area contributed by atoms with Gasteiger partial charge in [-0.2, -0.15) is 0 Å². The van der Waals surface area contributed by atoms with Crippen molar-refractivity contribution in [2.24, 2.45) is 0 Å². The number of hydrogen-bond donors (Lipinski definition) is 1. The third kappa shape index (κ3) is 2.24. The number of rotatable bonds is 3. The topological polar surface area (TPSA) is 18.5 Å². The second-order valence-electron chi connectivity index (χ2n) is 5.77. The van der Waals surface area contributed by atoms with Gasteiger partial charge in [0.05, 0.1) is 6.04 Å². The van der Waals surface area contributed by atoms with E-state index in [-0.39, 0.29) is 12.1 Å². The van der Waals surface area contributed by atoms with Gasteiger partial charge in [0.1, 0.15) is 0 Å². The SMILES string of the molecule is CNC(c1ccc(C)c(F)c1F)C1CN2CCN1CC2. The molecule has 4 rings (SSSR count). The van der Waals surface area contributed by atoms with Crippen molar-refractivity contribution in [1.29, 1.82) is 0 Å². The first-order valence-corrected chi connectivity index (χ1v) is 7.20. The molecular formula is C15H21F2N3. The van der Waals surface area contributed by atoms with Crippen LogP contribution in [0.2, 0.25) is 0 Å². The smallest absolute Gasteiger partial charge is 0.163 e. The highest BCUT2D eigenvalue weighted by Gasteiger charge is 2.38. The number of nitrogens with one attached hydrogen (secondary N) is 1. The maximum atomic E-state index is 14.2. The van der Waals surface area contributed by atoms with Gasteiger partial charge in [0, 0.05) is 44.3 Å². The zero-order valence-electron chi connectivity index (χ0n) is 12.0. The van der Waals surface area contributed by atoms with E-state index in [2.05, 4.69) is 15.1 Å². The van der Waals surface area contributed by atoms with Crippen molar-refractivity contribution < 1.29 is 8.78 Å². The van der Waals surface area contributed by atoms with Crippen LogP contribution in [0.15, 0.2) is 12.1 Å². The van der Waals surface area contributed by atoms with Gasteiger partial charge in [0.15, 0.2) is 11.6 Å². The number of fused-ring (bicyclic) bond motifs is 3. The highest BCUT2D eigenvalue weighted by Crippen LogP contribution is 2.30. The van der Waals surface area contributed by atoms with Gasteiger partial charge >= 0.3 is 0 Å². The van der Waals surface area contributed by atoms with Gasteiger partial charge in [-0.1, -0.05) is 12.1 Å². The molecule has 0 radical (unpaired) electrons. The van der Waals surface area contributed by atoms with Crippen LogP contribution in [0.25, 0.3) is 0 Å². The summed E-state index contributed by atoms with van der Waals surface area (Å²) in [6, 6.07) is 3.41. The number of hydrogen-bond acceptors (Lipinski definition) is 3. The highest BCUT2D eigenvalue weighted by atomic mass is 19.2.